The molecule has 1 atom stereocenters. The van der Waals surface area contributed by atoms with Crippen molar-refractivity contribution < 1.29 is 9.26 Å². The number of benzene rings is 1. The molecule has 5 heteroatoms. The van der Waals surface area contributed by atoms with Gasteiger partial charge < -0.3 is 14.6 Å². The molecule has 0 aliphatic carbocycles. The lowest BCUT2D eigenvalue weighted by molar-refractivity contribution is 0.282. The quantitative estimate of drug-likeness (QED) is 0.910. The molecule has 0 saturated carbocycles. The van der Waals surface area contributed by atoms with E-state index in [1.54, 1.807) is 0 Å². The number of nitrogens with zero attached hydrogens (tertiary/aromatic N) is 2. The van der Waals surface area contributed by atoms with Gasteiger partial charge in [-0.05, 0) is 31.5 Å². The molecular weight excluding hydrogens is 242 g/mol. The van der Waals surface area contributed by atoms with Gasteiger partial charge in [0.1, 0.15) is 5.75 Å². The summed E-state index contributed by atoms with van der Waals surface area (Å²) < 4.78 is 11.0. The second-order valence-electron chi connectivity index (χ2n) is 4.79. The SMILES string of the molecule is Cc1ccccc1OCc1noc([C@@H]2CCNC2)n1. The van der Waals surface area contributed by atoms with E-state index < -0.39 is 0 Å². The average molecular weight is 259 g/mol. The fourth-order valence-electron chi connectivity index (χ4n) is 2.22. The Morgan fingerprint density at radius 2 is 2.32 bits per heavy atom. The van der Waals surface area contributed by atoms with Gasteiger partial charge in [0.2, 0.25) is 11.7 Å². The smallest absolute Gasteiger partial charge is 0.231 e. The van der Waals surface area contributed by atoms with Gasteiger partial charge >= 0.3 is 0 Å². The number of para-hydroxylation sites is 1. The first-order chi connectivity index (χ1) is 9.33. The summed E-state index contributed by atoms with van der Waals surface area (Å²) in [5.74, 6) is 2.52. The number of hydrogen-bond acceptors (Lipinski definition) is 5. The highest BCUT2D eigenvalue weighted by atomic mass is 16.5. The molecule has 0 spiro atoms. The average Bonchev–Trinajstić information content (AvgIpc) is 3.09. The summed E-state index contributed by atoms with van der Waals surface area (Å²) in [5.41, 5.74) is 1.10. The fourth-order valence-corrected chi connectivity index (χ4v) is 2.22. The lowest BCUT2D eigenvalue weighted by atomic mass is 10.1. The van der Waals surface area contributed by atoms with E-state index in [0.717, 1.165) is 30.8 Å². The Kier molecular flexibility index (Phi) is 3.46. The first kappa shape index (κ1) is 12.2. The molecule has 100 valence electrons. The van der Waals surface area contributed by atoms with Crippen molar-refractivity contribution in [2.45, 2.75) is 25.9 Å². The number of aryl methyl sites for hydroxylation is 1. The molecule has 2 heterocycles. The van der Waals surface area contributed by atoms with Crippen LogP contribution in [0.3, 0.4) is 0 Å². The number of ether oxygens (including phenoxy) is 1. The second kappa shape index (κ2) is 5.40. The van der Waals surface area contributed by atoms with Crippen LogP contribution >= 0.6 is 0 Å². The monoisotopic (exact) mass is 259 g/mol. The molecule has 1 aromatic heterocycles. The predicted molar refractivity (Wildman–Crippen MR) is 70.0 cm³/mol. The molecule has 0 amide bonds. The van der Waals surface area contributed by atoms with Crippen LogP contribution in [0.15, 0.2) is 28.8 Å². The van der Waals surface area contributed by atoms with E-state index in [0.29, 0.717) is 24.2 Å². The molecule has 0 unspecified atom stereocenters. The van der Waals surface area contributed by atoms with Gasteiger partial charge in [0.25, 0.3) is 0 Å². The van der Waals surface area contributed by atoms with Gasteiger partial charge in [-0.3, -0.25) is 0 Å². The Labute approximate surface area is 112 Å². The highest BCUT2D eigenvalue weighted by Gasteiger charge is 2.22. The molecule has 2 aromatic rings. The molecule has 1 N–H and O–H groups in total. The van der Waals surface area contributed by atoms with Crippen molar-refractivity contribution in [1.82, 2.24) is 15.5 Å². The van der Waals surface area contributed by atoms with Crippen LogP contribution in [0.1, 0.15) is 29.6 Å². The molecule has 0 bridgehead atoms. The summed E-state index contributed by atoms with van der Waals surface area (Å²) in [6.07, 6.45) is 1.06. The molecule has 1 fully saturated rings. The Morgan fingerprint density at radius 1 is 1.42 bits per heavy atom. The maximum absolute atomic E-state index is 5.70. The molecule has 3 rings (SSSR count). The number of hydrogen-bond donors (Lipinski definition) is 1. The van der Waals surface area contributed by atoms with Gasteiger partial charge in [0.15, 0.2) is 6.61 Å². The van der Waals surface area contributed by atoms with Crippen LogP contribution in [-0.4, -0.2) is 23.2 Å². The Hall–Kier alpha value is -1.88. The summed E-state index contributed by atoms with van der Waals surface area (Å²) >= 11 is 0. The van der Waals surface area contributed by atoms with Gasteiger partial charge in [-0.2, -0.15) is 4.98 Å². The lowest BCUT2D eigenvalue weighted by Crippen LogP contribution is -2.08. The highest BCUT2D eigenvalue weighted by Crippen LogP contribution is 2.21. The number of aromatic nitrogens is 2. The summed E-state index contributed by atoms with van der Waals surface area (Å²) in [6.45, 7) is 4.29. The first-order valence-corrected chi connectivity index (χ1v) is 6.54. The zero-order valence-electron chi connectivity index (χ0n) is 10.9. The van der Waals surface area contributed by atoms with E-state index in [1.165, 1.54) is 0 Å². The van der Waals surface area contributed by atoms with E-state index >= 15 is 0 Å². The van der Waals surface area contributed by atoms with E-state index in [4.69, 9.17) is 9.26 Å². The van der Waals surface area contributed by atoms with Crippen molar-refractivity contribution in [3.05, 3.63) is 41.5 Å². The Bertz CT molecular complexity index is 547. The summed E-state index contributed by atoms with van der Waals surface area (Å²) in [4.78, 5) is 4.39. The second-order valence-corrected chi connectivity index (χ2v) is 4.79. The van der Waals surface area contributed by atoms with E-state index in [1.807, 2.05) is 31.2 Å². The van der Waals surface area contributed by atoms with Crippen LogP contribution in [0.2, 0.25) is 0 Å². The van der Waals surface area contributed by atoms with Crippen LogP contribution in [-0.2, 0) is 6.61 Å². The van der Waals surface area contributed by atoms with E-state index in [-0.39, 0.29) is 0 Å². The molecule has 1 aliphatic heterocycles. The van der Waals surface area contributed by atoms with Crippen molar-refractivity contribution in [2.24, 2.45) is 0 Å². The molecule has 1 saturated heterocycles. The maximum Gasteiger partial charge on any atom is 0.231 e. The third-order valence-corrected chi connectivity index (χ3v) is 3.34. The van der Waals surface area contributed by atoms with Gasteiger partial charge in [-0.25, -0.2) is 0 Å². The van der Waals surface area contributed by atoms with Crippen LogP contribution in [0.25, 0.3) is 0 Å². The van der Waals surface area contributed by atoms with Gasteiger partial charge in [-0.15, -0.1) is 0 Å². The highest BCUT2D eigenvalue weighted by molar-refractivity contribution is 5.31. The van der Waals surface area contributed by atoms with E-state index in [2.05, 4.69) is 15.5 Å². The van der Waals surface area contributed by atoms with Gasteiger partial charge in [0, 0.05) is 6.54 Å². The van der Waals surface area contributed by atoms with Crippen molar-refractivity contribution in [3.8, 4) is 5.75 Å². The Morgan fingerprint density at radius 3 is 3.11 bits per heavy atom. The van der Waals surface area contributed by atoms with E-state index in [9.17, 15) is 0 Å². The van der Waals surface area contributed by atoms with Crippen LogP contribution in [0.4, 0.5) is 0 Å². The van der Waals surface area contributed by atoms with Crippen molar-refractivity contribution in [2.75, 3.05) is 13.1 Å². The molecule has 1 aliphatic rings. The zero-order chi connectivity index (χ0) is 13.1. The van der Waals surface area contributed by atoms with Crippen LogP contribution in [0.5, 0.6) is 5.75 Å². The summed E-state index contributed by atoms with van der Waals surface area (Å²) in [7, 11) is 0. The Balaban J connectivity index is 1.63. The van der Waals surface area contributed by atoms with Crippen LogP contribution < -0.4 is 10.1 Å². The summed E-state index contributed by atoms with van der Waals surface area (Å²) in [6, 6.07) is 7.90. The largest absolute Gasteiger partial charge is 0.485 e. The first-order valence-electron chi connectivity index (χ1n) is 6.54. The number of rotatable bonds is 4. The van der Waals surface area contributed by atoms with Crippen molar-refractivity contribution in [3.63, 3.8) is 0 Å². The topological polar surface area (TPSA) is 60.2 Å². The van der Waals surface area contributed by atoms with Crippen molar-refractivity contribution >= 4 is 0 Å². The van der Waals surface area contributed by atoms with Crippen LogP contribution in [0, 0.1) is 6.92 Å². The molecule has 5 nitrogen and oxygen atoms in total. The third-order valence-electron chi connectivity index (χ3n) is 3.34. The predicted octanol–water partition coefficient (Wildman–Crippen LogP) is 2.03. The zero-order valence-corrected chi connectivity index (χ0v) is 10.9. The molecular formula is C14H17N3O2. The molecule has 1 aromatic carbocycles. The van der Waals surface area contributed by atoms with Gasteiger partial charge in [0.05, 0.1) is 5.92 Å². The lowest BCUT2D eigenvalue weighted by Gasteiger charge is -2.05. The minimum atomic E-state index is 0.342. The van der Waals surface area contributed by atoms with Crippen molar-refractivity contribution in [1.29, 1.82) is 0 Å². The fraction of sp³-hybridized carbons (Fsp3) is 0.429. The third kappa shape index (κ3) is 2.76. The molecule has 0 radical (unpaired) electrons. The van der Waals surface area contributed by atoms with Gasteiger partial charge in [-0.1, -0.05) is 23.4 Å². The normalized spacial score (nSPS) is 18.7. The minimum absolute atomic E-state index is 0.342. The maximum atomic E-state index is 5.70. The summed E-state index contributed by atoms with van der Waals surface area (Å²) in [5, 5.41) is 7.25. The molecule has 19 heavy (non-hydrogen) atoms. The number of nitrogens with one attached hydrogen (secondary N) is 1. The standard InChI is InChI=1S/C14H17N3O2/c1-10-4-2-3-5-12(10)18-9-13-16-14(19-17-13)11-6-7-15-8-11/h2-5,11,15H,6-9H2,1H3/t11-/m1/s1. The minimum Gasteiger partial charge on any atom is -0.485 e.